The molecule has 1 aromatic rings. The molecule has 10 heavy (non-hydrogen) atoms. The van der Waals surface area contributed by atoms with Crippen LogP contribution < -0.4 is 5.73 Å². The average Bonchev–Trinajstić information content (AvgIpc) is 1.84. The molecular formula is C6H6BrFN2. The van der Waals surface area contributed by atoms with Gasteiger partial charge in [-0.2, -0.15) is 0 Å². The van der Waals surface area contributed by atoms with E-state index < -0.39 is 5.82 Å². The standard InChI is InChI=1S/C6H6BrFN2/c1-3-4(7)2-5(8)6(9)10-3/h2H,1H3,(H2,9,10). The largest absolute Gasteiger partial charge is 0.381 e. The van der Waals surface area contributed by atoms with Crippen LogP contribution in [-0.2, 0) is 0 Å². The van der Waals surface area contributed by atoms with Gasteiger partial charge in [-0.15, -0.1) is 0 Å². The highest BCUT2D eigenvalue weighted by molar-refractivity contribution is 9.10. The van der Waals surface area contributed by atoms with Crippen LogP contribution in [0.3, 0.4) is 0 Å². The topological polar surface area (TPSA) is 38.9 Å². The molecule has 0 saturated carbocycles. The minimum Gasteiger partial charge on any atom is -0.381 e. The number of pyridine rings is 1. The monoisotopic (exact) mass is 204 g/mol. The summed E-state index contributed by atoms with van der Waals surface area (Å²) in [5, 5.41) is 0. The van der Waals surface area contributed by atoms with Crippen LogP contribution >= 0.6 is 15.9 Å². The average molecular weight is 205 g/mol. The van der Waals surface area contributed by atoms with Crippen LogP contribution in [0, 0.1) is 12.7 Å². The summed E-state index contributed by atoms with van der Waals surface area (Å²) in [5.41, 5.74) is 5.88. The summed E-state index contributed by atoms with van der Waals surface area (Å²) in [6, 6.07) is 1.30. The highest BCUT2D eigenvalue weighted by Crippen LogP contribution is 2.17. The minimum atomic E-state index is -0.488. The number of nitrogens with zero attached hydrogens (tertiary/aromatic N) is 1. The number of aryl methyl sites for hydroxylation is 1. The highest BCUT2D eigenvalue weighted by atomic mass is 79.9. The first-order valence-electron chi connectivity index (χ1n) is 2.69. The molecule has 2 N–H and O–H groups in total. The van der Waals surface area contributed by atoms with Crippen molar-refractivity contribution >= 4 is 21.7 Å². The number of aromatic nitrogens is 1. The molecule has 1 aromatic heterocycles. The Hall–Kier alpha value is -0.640. The van der Waals surface area contributed by atoms with E-state index in [0.29, 0.717) is 10.2 Å². The summed E-state index contributed by atoms with van der Waals surface area (Å²) < 4.78 is 13.2. The van der Waals surface area contributed by atoms with E-state index in [9.17, 15) is 4.39 Å². The van der Waals surface area contributed by atoms with Crippen LogP contribution in [0.1, 0.15) is 5.69 Å². The predicted octanol–water partition coefficient (Wildman–Crippen LogP) is 1.87. The second-order valence-corrected chi connectivity index (χ2v) is 2.78. The molecule has 0 radical (unpaired) electrons. The molecule has 0 saturated heterocycles. The molecule has 54 valence electrons. The maximum Gasteiger partial charge on any atom is 0.166 e. The van der Waals surface area contributed by atoms with E-state index in [4.69, 9.17) is 5.73 Å². The summed E-state index contributed by atoms with van der Waals surface area (Å²) >= 11 is 3.12. The Balaban J connectivity index is 3.28. The van der Waals surface area contributed by atoms with Gasteiger partial charge in [0.05, 0.1) is 5.69 Å². The Labute approximate surface area is 66.4 Å². The first-order chi connectivity index (χ1) is 4.61. The van der Waals surface area contributed by atoms with Crippen LogP contribution in [0.4, 0.5) is 10.2 Å². The highest BCUT2D eigenvalue weighted by Gasteiger charge is 2.02. The lowest BCUT2D eigenvalue weighted by Crippen LogP contribution is -1.96. The van der Waals surface area contributed by atoms with E-state index in [-0.39, 0.29) is 5.82 Å². The van der Waals surface area contributed by atoms with Crippen LogP contribution in [0.2, 0.25) is 0 Å². The van der Waals surface area contributed by atoms with Crippen molar-refractivity contribution in [1.82, 2.24) is 4.98 Å². The van der Waals surface area contributed by atoms with E-state index in [1.54, 1.807) is 6.92 Å². The second-order valence-electron chi connectivity index (χ2n) is 1.92. The van der Waals surface area contributed by atoms with Gasteiger partial charge in [0.15, 0.2) is 11.6 Å². The third kappa shape index (κ3) is 1.26. The van der Waals surface area contributed by atoms with Gasteiger partial charge in [-0.3, -0.25) is 0 Å². The van der Waals surface area contributed by atoms with Crippen LogP contribution in [0.25, 0.3) is 0 Å². The van der Waals surface area contributed by atoms with Crippen LogP contribution in [-0.4, -0.2) is 4.98 Å². The van der Waals surface area contributed by atoms with Crippen molar-refractivity contribution in [3.63, 3.8) is 0 Å². The Morgan fingerprint density at radius 1 is 1.70 bits per heavy atom. The van der Waals surface area contributed by atoms with Crippen molar-refractivity contribution in [3.05, 3.63) is 22.1 Å². The third-order valence-electron chi connectivity index (χ3n) is 1.13. The maximum absolute atomic E-state index is 12.5. The molecule has 0 amide bonds. The van der Waals surface area contributed by atoms with Crippen molar-refractivity contribution in [2.24, 2.45) is 0 Å². The van der Waals surface area contributed by atoms with Gasteiger partial charge >= 0.3 is 0 Å². The van der Waals surface area contributed by atoms with Gasteiger partial charge in [0, 0.05) is 4.47 Å². The van der Waals surface area contributed by atoms with Crippen molar-refractivity contribution in [2.45, 2.75) is 6.92 Å². The van der Waals surface area contributed by atoms with Gasteiger partial charge in [-0.25, -0.2) is 9.37 Å². The molecule has 1 heterocycles. The quantitative estimate of drug-likeness (QED) is 0.702. The summed E-state index contributed by atoms with van der Waals surface area (Å²) in [6.45, 7) is 1.75. The van der Waals surface area contributed by atoms with Crippen molar-refractivity contribution in [2.75, 3.05) is 5.73 Å². The lowest BCUT2D eigenvalue weighted by Gasteiger charge is -1.98. The summed E-state index contributed by atoms with van der Waals surface area (Å²) in [7, 11) is 0. The number of hydrogen-bond acceptors (Lipinski definition) is 2. The van der Waals surface area contributed by atoms with E-state index in [1.165, 1.54) is 6.07 Å². The number of hydrogen-bond donors (Lipinski definition) is 1. The molecule has 0 atom stereocenters. The first-order valence-corrected chi connectivity index (χ1v) is 3.48. The maximum atomic E-state index is 12.5. The normalized spacial score (nSPS) is 9.90. The zero-order valence-corrected chi connectivity index (χ0v) is 6.94. The molecule has 0 aliphatic heterocycles. The van der Waals surface area contributed by atoms with Gasteiger partial charge < -0.3 is 5.73 Å². The molecule has 0 bridgehead atoms. The molecule has 0 aliphatic rings. The number of halogens is 2. The summed E-state index contributed by atoms with van der Waals surface area (Å²) in [6.07, 6.45) is 0. The Bertz CT molecular complexity index is 212. The van der Waals surface area contributed by atoms with Crippen LogP contribution in [0.5, 0.6) is 0 Å². The second kappa shape index (κ2) is 2.54. The fourth-order valence-corrected chi connectivity index (χ4v) is 0.867. The Kier molecular flexibility index (Phi) is 1.89. The first kappa shape index (κ1) is 7.47. The molecule has 2 nitrogen and oxygen atoms in total. The third-order valence-corrected chi connectivity index (χ3v) is 1.93. The Morgan fingerprint density at radius 3 is 2.80 bits per heavy atom. The molecule has 0 aromatic carbocycles. The summed E-state index contributed by atoms with van der Waals surface area (Å²) in [4.78, 5) is 3.73. The summed E-state index contributed by atoms with van der Waals surface area (Å²) in [5.74, 6) is -0.543. The Morgan fingerprint density at radius 2 is 2.30 bits per heavy atom. The minimum absolute atomic E-state index is 0.0549. The number of rotatable bonds is 0. The lowest BCUT2D eigenvalue weighted by molar-refractivity contribution is 0.625. The van der Waals surface area contributed by atoms with E-state index in [2.05, 4.69) is 20.9 Å². The smallest absolute Gasteiger partial charge is 0.166 e. The molecule has 0 unspecified atom stereocenters. The fraction of sp³-hybridized carbons (Fsp3) is 0.167. The fourth-order valence-electron chi connectivity index (χ4n) is 0.577. The SMILES string of the molecule is Cc1nc(N)c(F)cc1Br. The van der Waals surface area contributed by atoms with Gasteiger partial charge in [-0.1, -0.05) is 0 Å². The van der Waals surface area contributed by atoms with E-state index >= 15 is 0 Å². The van der Waals surface area contributed by atoms with E-state index in [1.807, 2.05) is 0 Å². The number of nitrogen functional groups attached to an aromatic ring is 1. The van der Waals surface area contributed by atoms with Gasteiger partial charge in [0.1, 0.15) is 0 Å². The molecule has 1 rings (SSSR count). The molecule has 0 fully saturated rings. The van der Waals surface area contributed by atoms with Crippen molar-refractivity contribution in [3.8, 4) is 0 Å². The number of anilines is 1. The van der Waals surface area contributed by atoms with Crippen molar-refractivity contribution in [1.29, 1.82) is 0 Å². The van der Waals surface area contributed by atoms with Crippen LogP contribution in [0.15, 0.2) is 10.5 Å². The number of nitrogens with two attached hydrogens (primary N) is 1. The van der Waals surface area contributed by atoms with E-state index in [0.717, 1.165) is 0 Å². The predicted molar refractivity (Wildman–Crippen MR) is 41.0 cm³/mol. The van der Waals surface area contributed by atoms with Gasteiger partial charge in [0.25, 0.3) is 0 Å². The molecule has 4 heteroatoms. The zero-order chi connectivity index (χ0) is 7.72. The lowest BCUT2D eigenvalue weighted by atomic mass is 10.3. The molecule has 0 spiro atoms. The molecule has 0 aliphatic carbocycles. The molecular weight excluding hydrogens is 199 g/mol. The van der Waals surface area contributed by atoms with Crippen molar-refractivity contribution < 1.29 is 4.39 Å². The zero-order valence-electron chi connectivity index (χ0n) is 5.36. The van der Waals surface area contributed by atoms with Gasteiger partial charge in [0.2, 0.25) is 0 Å². The van der Waals surface area contributed by atoms with Gasteiger partial charge in [-0.05, 0) is 28.9 Å².